The predicted octanol–water partition coefficient (Wildman–Crippen LogP) is -2.10. The number of rotatable bonds is 10. The number of methoxy groups -OCH3 is 1. The standard InChI is InChI=1S/C7H18O18P4/c1-20-7-6(25-29(17,18)19)5(24-28(14,15)16)4(23-27(11,12)13)3(22-7)2-21-26(8,9)10/h3-7H,2H2,1H3,(H2,8,9,10)(H2,11,12,13)(H2,14,15,16)(H2,17,18,19)/t3-,4-,5+,6+,7+/m1/s1. The van der Waals surface area contributed by atoms with Crippen molar-refractivity contribution in [3.63, 3.8) is 0 Å². The molecule has 0 radical (unpaired) electrons. The molecule has 0 aromatic carbocycles. The molecule has 5 atom stereocenters. The first-order valence-electron chi connectivity index (χ1n) is 6.91. The van der Waals surface area contributed by atoms with Crippen LogP contribution in [0.5, 0.6) is 0 Å². The van der Waals surface area contributed by atoms with Crippen molar-refractivity contribution in [3.05, 3.63) is 0 Å². The summed E-state index contributed by atoms with van der Waals surface area (Å²) in [5.74, 6) is 0. The smallest absolute Gasteiger partial charge is 0.353 e. The van der Waals surface area contributed by atoms with E-state index in [9.17, 15) is 18.3 Å². The summed E-state index contributed by atoms with van der Waals surface area (Å²) in [6.45, 7) is -1.18. The van der Waals surface area contributed by atoms with Gasteiger partial charge in [-0.25, -0.2) is 18.3 Å². The van der Waals surface area contributed by atoms with Crippen LogP contribution in [-0.4, -0.2) is 83.6 Å². The zero-order valence-corrected chi connectivity index (χ0v) is 17.6. The van der Waals surface area contributed by atoms with Crippen LogP contribution in [-0.2, 0) is 45.8 Å². The third-order valence-electron chi connectivity index (χ3n) is 3.01. The summed E-state index contributed by atoms with van der Waals surface area (Å²) < 4.78 is 71.4. The molecule has 18 nitrogen and oxygen atoms in total. The van der Waals surface area contributed by atoms with E-state index in [1.807, 2.05) is 0 Å². The van der Waals surface area contributed by atoms with Crippen LogP contribution in [0.4, 0.5) is 0 Å². The van der Waals surface area contributed by atoms with E-state index in [0.29, 0.717) is 0 Å². The number of hydrogen-bond acceptors (Lipinski definition) is 10. The highest BCUT2D eigenvalue weighted by molar-refractivity contribution is 7.47. The van der Waals surface area contributed by atoms with Crippen molar-refractivity contribution >= 4 is 31.3 Å². The fraction of sp³-hybridized carbons (Fsp3) is 1.00. The molecule has 0 aromatic rings. The Morgan fingerprint density at radius 3 is 1.48 bits per heavy atom. The van der Waals surface area contributed by atoms with E-state index in [4.69, 9.17) is 48.6 Å². The lowest BCUT2D eigenvalue weighted by atomic mass is 9.99. The predicted molar refractivity (Wildman–Crippen MR) is 84.4 cm³/mol. The average Bonchev–Trinajstić information content (AvgIpc) is 2.44. The van der Waals surface area contributed by atoms with E-state index in [-0.39, 0.29) is 0 Å². The summed E-state index contributed by atoms with van der Waals surface area (Å²) in [5, 5.41) is 0. The van der Waals surface area contributed by atoms with Gasteiger partial charge in [-0.05, 0) is 0 Å². The highest BCUT2D eigenvalue weighted by Gasteiger charge is 2.54. The zero-order chi connectivity index (χ0) is 22.8. The molecule has 29 heavy (non-hydrogen) atoms. The van der Waals surface area contributed by atoms with Crippen molar-refractivity contribution in [3.8, 4) is 0 Å². The molecule has 0 amide bonds. The Hall–Kier alpha value is 0.360. The van der Waals surface area contributed by atoms with Gasteiger partial charge >= 0.3 is 31.3 Å². The summed E-state index contributed by atoms with van der Waals surface area (Å²) >= 11 is 0. The first-order chi connectivity index (χ1) is 12.8. The van der Waals surface area contributed by atoms with Crippen LogP contribution >= 0.6 is 31.3 Å². The molecule has 1 aliphatic rings. The second kappa shape index (κ2) is 9.88. The second-order valence-corrected chi connectivity index (χ2v) is 10.1. The lowest BCUT2D eigenvalue weighted by Gasteiger charge is -2.44. The van der Waals surface area contributed by atoms with Crippen LogP contribution in [0.15, 0.2) is 0 Å². The van der Waals surface area contributed by atoms with Gasteiger partial charge in [0.25, 0.3) is 0 Å². The SMILES string of the molecule is CO[C@H]1O[C@H](COP(=O)(O)O)[C@@H](OP(=O)(O)O)[C@H](OP(=O)(O)O)[C@@H]1OP(=O)(O)O. The van der Waals surface area contributed by atoms with Gasteiger partial charge in [0.05, 0.1) is 6.61 Å². The van der Waals surface area contributed by atoms with Gasteiger partial charge in [-0.2, -0.15) is 0 Å². The largest absolute Gasteiger partial charge is 0.470 e. The van der Waals surface area contributed by atoms with Gasteiger partial charge in [0, 0.05) is 7.11 Å². The number of hydrogen-bond donors (Lipinski definition) is 8. The molecule has 22 heteroatoms. The summed E-state index contributed by atoms with van der Waals surface area (Å²) in [6.07, 6.45) is -10.8. The maximum atomic E-state index is 11.3. The fourth-order valence-corrected chi connectivity index (χ4v) is 4.22. The van der Waals surface area contributed by atoms with Gasteiger partial charge in [-0.15, -0.1) is 0 Å². The monoisotopic (exact) mass is 514 g/mol. The molecule has 0 bridgehead atoms. The maximum Gasteiger partial charge on any atom is 0.470 e. The number of phosphoric ester groups is 4. The molecule has 0 aliphatic carbocycles. The van der Waals surface area contributed by atoms with Crippen molar-refractivity contribution in [2.45, 2.75) is 30.7 Å². The quantitative estimate of drug-likeness (QED) is 0.145. The molecule has 0 aromatic heterocycles. The van der Waals surface area contributed by atoms with E-state index in [1.54, 1.807) is 0 Å². The third kappa shape index (κ3) is 10.5. The Bertz CT molecular complexity index is 728. The van der Waals surface area contributed by atoms with Gasteiger partial charge in [0.15, 0.2) is 6.29 Å². The molecule has 1 aliphatic heterocycles. The Kier molecular flexibility index (Phi) is 9.33. The molecular formula is C7H18O18P4. The van der Waals surface area contributed by atoms with Crippen LogP contribution < -0.4 is 0 Å². The minimum atomic E-state index is -5.53. The van der Waals surface area contributed by atoms with E-state index in [0.717, 1.165) is 7.11 Å². The average molecular weight is 514 g/mol. The van der Waals surface area contributed by atoms with Gasteiger partial charge in [0.1, 0.15) is 24.4 Å². The lowest BCUT2D eigenvalue weighted by Crippen LogP contribution is -2.61. The zero-order valence-electron chi connectivity index (χ0n) is 14.0. The van der Waals surface area contributed by atoms with Crippen molar-refractivity contribution in [1.29, 1.82) is 0 Å². The molecule has 8 N–H and O–H groups in total. The molecule has 1 saturated heterocycles. The van der Waals surface area contributed by atoms with E-state index < -0.39 is 68.6 Å². The highest BCUT2D eigenvalue weighted by atomic mass is 31.2. The topological polar surface area (TPSA) is 285 Å². The van der Waals surface area contributed by atoms with Crippen molar-refractivity contribution in [2.24, 2.45) is 0 Å². The minimum Gasteiger partial charge on any atom is -0.353 e. The van der Waals surface area contributed by atoms with Crippen molar-refractivity contribution in [1.82, 2.24) is 0 Å². The van der Waals surface area contributed by atoms with Crippen LogP contribution in [0.2, 0.25) is 0 Å². The molecule has 0 spiro atoms. The number of ether oxygens (including phenoxy) is 2. The van der Waals surface area contributed by atoms with E-state index in [2.05, 4.69) is 18.1 Å². The molecule has 0 saturated carbocycles. The highest BCUT2D eigenvalue weighted by Crippen LogP contribution is 2.50. The van der Waals surface area contributed by atoms with Crippen LogP contribution in [0, 0.1) is 0 Å². The van der Waals surface area contributed by atoms with Gasteiger partial charge in [0.2, 0.25) is 0 Å². The molecular weight excluding hydrogens is 496 g/mol. The summed E-state index contributed by atoms with van der Waals surface area (Å²) in [7, 11) is -20.7. The Balaban J connectivity index is 3.41. The molecule has 1 fully saturated rings. The normalized spacial score (nSPS) is 29.8. The Morgan fingerprint density at radius 2 is 1.10 bits per heavy atom. The summed E-state index contributed by atoms with van der Waals surface area (Å²) in [6, 6.07) is 0. The van der Waals surface area contributed by atoms with Crippen LogP contribution in [0.25, 0.3) is 0 Å². The number of phosphoric acid groups is 4. The van der Waals surface area contributed by atoms with Crippen LogP contribution in [0.1, 0.15) is 0 Å². The first-order valence-corrected chi connectivity index (χ1v) is 13.0. The van der Waals surface area contributed by atoms with Crippen molar-refractivity contribution in [2.75, 3.05) is 13.7 Å². The Labute approximate surface area is 161 Å². The maximum absolute atomic E-state index is 11.3. The summed E-state index contributed by atoms with van der Waals surface area (Å²) in [5.41, 5.74) is 0. The van der Waals surface area contributed by atoms with Gasteiger partial charge < -0.3 is 48.6 Å². The molecule has 1 rings (SSSR count). The van der Waals surface area contributed by atoms with E-state index >= 15 is 0 Å². The lowest BCUT2D eigenvalue weighted by molar-refractivity contribution is -0.284. The third-order valence-corrected chi connectivity index (χ3v) is 5.05. The van der Waals surface area contributed by atoms with E-state index in [1.165, 1.54) is 0 Å². The second-order valence-electron chi connectivity index (χ2n) is 5.25. The molecule has 174 valence electrons. The first kappa shape index (κ1) is 27.4. The van der Waals surface area contributed by atoms with Crippen molar-refractivity contribution < 1.29 is 85.0 Å². The fourth-order valence-electron chi connectivity index (χ4n) is 2.21. The molecule has 1 heterocycles. The summed E-state index contributed by atoms with van der Waals surface area (Å²) in [4.78, 5) is 71.7. The van der Waals surface area contributed by atoms with Crippen LogP contribution in [0.3, 0.4) is 0 Å². The molecule has 0 unspecified atom stereocenters. The van der Waals surface area contributed by atoms with Gasteiger partial charge in [-0.3, -0.25) is 18.1 Å². The Morgan fingerprint density at radius 1 is 0.690 bits per heavy atom. The minimum absolute atomic E-state index is 0.875. The van der Waals surface area contributed by atoms with Gasteiger partial charge in [-0.1, -0.05) is 0 Å².